The zero-order chi connectivity index (χ0) is 24.0. The van der Waals surface area contributed by atoms with E-state index in [1.54, 1.807) is 0 Å². The summed E-state index contributed by atoms with van der Waals surface area (Å²) < 4.78 is 8.26. The topological polar surface area (TPSA) is 112 Å². The molecule has 1 fully saturated rings. The molecule has 174 valence electrons. The summed E-state index contributed by atoms with van der Waals surface area (Å²) >= 11 is 0. The van der Waals surface area contributed by atoms with Gasteiger partial charge in [-0.15, -0.1) is 0 Å². The predicted octanol–water partition coefficient (Wildman–Crippen LogP) is 3.61. The minimum Gasteiger partial charge on any atom is -0.414 e. The lowest BCUT2D eigenvalue weighted by atomic mass is 9.79. The van der Waals surface area contributed by atoms with E-state index >= 15 is 0 Å². The fraction of sp³-hybridized carbons (Fsp3) is 0.500. The van der Waals surface area contributed by atoms with Gasteiger partial charge in [-0.1, -0.05) is 32.6 Å². The number of nitrogens with zero attached hydrogens (tertiary/aromatic N) is 5. The molecular weight excluding hydrogens is 432 g/mol. The molecule has 3 N–H and O–H groups in total. The van der Waals surface area contributed by atoms with Crippen LogP contribution in [-0.2, 0) is 4.43 Å². The number of fused-ring (bicyclic) bond motifs is 1. The fourth-order valence-electron chi connectivity index (χ4n) is 3.76. The van der Waals surface area contributed by atoms with Gasteiger partial charge in [-0.2, -0.15) is 4.98 Å². The minimum atomic E-state index is -1.78. The average molecular weight is 465 g/mol. The maximum absolute atomic E-state index is 10.6. The van der Waals surface area contributed by atoms with Gasteiger partial charge in [-0.05, 0) is 56.1 Å². The van der Waals surface area contributed by atoms with Crippen molar-refractivity contribution in [1.29, 1.82) is 0 Å². The summed E-state index contributed by atoms with van der Waals surface area (Å²) in [5.41, 5.74) is 8.15. The van der Waals surface area contributed by atoms with Crippen molar-refractivity contribution in [3.8, 4) is 17.8 Å². The molecule has 0 amide bonds. The summed E-state index contributed by atoms with van der Waals surface area (Å²) in [6, 6.07) is 5.75. The molecule has 2 aromatic heterocycles. The Morgan fingerprint density at radius 3 is 2.61 bits per heavy atom. The van der Waals surface area contributed by atoms with E-state index in [-0.39, 0.29) is 23.0 Å². The maximum Gasteiger partial charge on any atom is 0.240 e. The third-order valence-electron chi connectivity index (χ3n) is 6.81. The van der Waals surface area contributed by atoms with Crippen LogP contribution in [0.1, 0.15) is 45.0 Å². The second-order valence-electron chi connectivity index (χ2n) is 10.3. The van der Waals surface area contributed by atoms with E-state index in [9.17, 15) is 5.11 Å². The molecule has 1 aliphatic rings. The van der Waals surface area contributed by atoms with E-state index in [1.807, 2.05) is 29.7 Å². The SMILES string of the molecule is Cc1nc2ccc(C#CC(O)C3CC(O[Si](C)(C)C(C)(C)C)C3)cc2n1-c1ncnc(N)n1. The van der Waals surface area contributed by atoms with E-state index in [0.717, 1.165) is 35.3 Å². The van der Waals surface area contributed by atoms with Gasteiger partial charge in [0, 0.05) is 17.6 Å². The Morgan fingerprint density at radius 1 is 1.21 bits per heavy atom. The smallest absolute Gasteiger partial charge is 0.240 e. The Labute approximate surface area is 195 Å². The number of aliphatic hydroxyl groups is 1. The summed E-state index contributed by atoms with van der Waals surface area (Å²) in [7, 11) is -1.78. The van der Waals surface area contributed by atoms with E-state index in [2.05, 4.69) is 65.6 Å². The first-order valence-electron chi connectivity index (χ1n) is 11.3. The number of hydrogen-bond donors (Lipinski definition) is 2. The highest BCUT2D eigenvalue weighted by atomic mass is 28.4. The number of nitrogens with two attached hydrogens (primary N) is 1. The molecule has 4 rings (SSSR count). The number of hydrogen-bond acceptors (Lipinski definition) is 7. The van der Waals surface area contributed by atoms with Gasteiger partial charge in [-0.3, -0.25) is 4.57 Å². The van der Waals surface area contributed by atoms with Crippen molar-refractivity contribution in [1.82, 2.24) is 24.5 Å². The van der Waals surface area contributed by atoms with Gasteiger partial charge in [0.1, 0.15) is 18.3 Å². The first-order valence-corrected chi connectivity index (χ1v) is 14.2. The molecule has 1 aliphatic carbocycles. The van der Waals surface area contributed by atoms with Crippen LogP contribution < -0.4 is 5.73 Å². The predicted molar refractivity (Wildman–Crippen MR) is 131 cm³/mol. The van der Waals surface area contributed by atoms with Crippen LogP contribution in [0.25, 0.3) is 17.0 Å². The van der Waals surface area contributed by atoms with Crippen molar-refractivity contribution in [3.63, 3.8) is 0 Å². The lowest BCUT2D eigenvalue weighted by Crippen LogP contribution is -2.49. The molecule has 0 spiro atoms. The summed E-state index contributed by atoms with van der Waals surface area (Å²) in [5, 5.41) is 10.8. The quantitative estimate of drug-likeness (QED) is 0.448. The van der Waals surface area contributed by atoms with E-state index in [1.165, 1.54) is 6.33 Å². The molecule has 1 aromatic carbocycles. The van der Waals surface area contributed by atoms with Crippen LogP contribution in [0.2, 0.25) is 18.1 Å². The summed E-state index contributed by atoms with van der Waals surface area (Å²) in [6.07, 6.45) is 2.65. The van der Waals surface area contributed by atoms with Crippen LogP contribution in [0.3, 0.4) is 0 Å². The zero-order valence-corrected chi connectivity index (χ0v) is 21.1. The highest BCUT2D eigenvalue weighted by Gasteiger charge is 2.43. The van der Waals surface area contributed by atoms with Crippen LogP contribution in [0, 0.1) is 24.7 Å². The van der Waals surface area contributed by atoms with Gasteiger partial charge < -0.3 is 15.3 Å². The lowest BCUT2D eigenvalue weighted by molar-refractivity contribution is 0.000816. The van der Waals surface area contributed by atoms with Crippen molar-refractivity contribution >= 4 is 25.3 Å². The monoisotopic (exact) mass is 464 g/mol. The first-order chi connectivity index (χ1) is 15.4. The number of aliphatic hydroxyl groups excluding tert-OH is 1. The number of imidazole rings is 1. The minimum absolute atomic E-state index is 0.150. The second-order valence-corrected chi connectivity index (χ2v) is 15.0. The maximum atomic E-state index is 10.6. The van der Waals surface area contributed by atoms with Crippen LogP contribution in [0.4, 0.5) is 5.95 Å². The number of benzene rings is 1. The largest absolute Gasteiger partial charge is 0.414 e. The number of anilines is 1. The Hall–Kier alpha value is -2.80. The molecule has 1 unspecified atom stereocenters. The van der Waals surface area contributed by atoms with Gasteiger partial charge in [0.15, 0.2) is 8.32 Å². The molecule has 0 bridgehead atoms. The number of nitrogen functional groups attached to an aromatic ring is 1. The number of aryl methyl sites for hydroxylation is 1. The average Bonchev–Trinajstić information content (AvgIpc) is 3.02. The van der Waals surface area contributed by atoms with E-state index in [4.69, 9.17) is 10.2 Å². The summed E-state index contributed by atoms with van der Waals surface area (Å²) in [5.74, 6) is 7.60. The molecule has 0 saturated heterocycles. The Balaban J connectivity index is 1.47. The van der Waals surface area contributed by atoms with E-state index < -0.39 is 14.4 Å². The van der Waals surface area contributed by atoms with Crippen LogP contribution >= 0.6 is 0 Å². The van der Waals surface area contributed by atoms with Crippen molar-refractivity contribution in [2.45, 2.75) is 70.9 Å². The molecule has 9 heteroatoms. The normalized spacial score (nSPS) is 19.6. The molecule has 0 aliphatic heterocycles. The number of aromatic nitrogens is 5. The van der Waals surface area contributed by atoms with E-state index in [0.29, 0.717) is 5.95 Å². The standard InChI is InChI=1S/C24H32N6O2Si/c1-15-28-19-9-7-16(11-20(19)30(15)23-27-14-26-22(25)29-23)8-10-21(31)17-12-18(13-17)32-33(5,6)24(2,3)4/h7,9,11,14,17-18,21,31H,12-13H2,1-6H3,(H2,25,26,27,29). The lowest BCUT2D eigenvalue weighted by Gasteiger charge is -2.45. The van der Waals surface area contributed by atoms with Crippen LogP contribution in [0.15, 0.2) is 24.5 Å². The number of rotatable bonds is 4. The molecule has 1 atom stereocenters. The first kappa shape index (κ1) is 23.4. The third-order valence-corrected chi connectivity index (χ3v) is 11.3. The molecule has 8 nitrogen and oxygen atoms in total. The molecule has 33 heavy (non-hydrogen) atoms. The molecular formula is C24H32N6O2Si. The fourth-order valence-corrected chi connectivity index (χ4v) is 5.14. The molecule has 1 saturated carbocycles. The molecule has 2 heterocycles. The van der Waals surface area contributed by atoms with Crippen molar-refractivity contribution in [2.24, 2.45) is 5.92 Å². The van der Waals surface area contributed by atoms with Crippen LogP contribution in [-0.4, -0.2) is 50.1 Å². The van der Waals surface area contributed by atoms with Gasteiger partial charge >= 0.3 is 0 Å². The van der Waals surface area contributed by atoms with Crippen molar-refractivity contribution < 1.29 is 9.53 Å². The Kier molecular flexibility index (Phi) is 6.03. The third kappa shape index (κ3) is 4.78. The summed E-state index contributed by atoms with van der Waals surface area (Å²) in [6.45, 7) is 13.2. The Bertz CT molecular complexity index is 1230. The van der Waals surface area contributed by atoms with Gasteiger partial charge in [-0.25, -0.2) is 15.0 Å². The van der Waals surface area contributed by atoms with Gasteiger partial charge in [0.2, 0.25) is 11.9 Å². The van der Waals surface area contributed by atoms with Gasteiger partial charge in [0.05, 0.1) is 11.0 Å². The highest BCUT2D eigenvalue weighted by Crippen LogP contribution is 2.42. The zero-order valence-electron chi connectivity index (χ0n) is 20.1. The van der Waals surface area contributed by atoms with Gasteiger partial charge in [0.25, 0.3) is 0 Å². The van der Waals surface area contributed by atoms with Crippen molar-refractivity contribution in [3.05, 3.63) is 35.9 Å². The second kappa shape index (κ2) is 8.52. The summed E-state index contributed by atoms with van der Waals surface area (Å²) in [4.78, 5) is 16.9. The Morgan fingerprint density at radius 2 is 1.94 bits per heavy atom. The molecule has 0 radical (unpaired) electrons. The van der Waals surface area contributed by atoms with Crippen LogP contribution in [0.5, 0.6) is 0 Å². The molecule has 3 aromatic rings. The highest BCUT2D eigenvalue weighted by molar-refractivity contribution is 6.74. The van der Waals surface area contributed by atoms with Crippen molar-refractivity contribution in [2.75, 3.05) is 5.73 Å².